The first kappa shape index (κ1) is 14.9. The van der Waals surface area contributed by atoms with E-state index in [1.54, 1.807) is 0 Å². The molecule has 0 spiro atoms. The number of halogens is 4. The third-order valence-electron chi connectivity index (χ3n) is 2.39. The summed E-state index contributed by atoms with van der Waals surface area (Å²) >= 11 is 6.20. The van der Waals surface area contributed by atoms with Crippen molar-refractivity contribution in [3.63, 3.8) is 0 Å². The van der Waals surface area contributed by atoms with Gasteiger partial charge in [0.2, 0.25) is 11.7 Å². The number of carbonyl (C=O) groups is 1. The van der Waals surface area contributed by atoms with Gasteiger partial charge in [0.15, 0.2) is 11.6 Å². The Kier molecular flexibility index (Phi) is 4.39. The van der Waals surface area contributed by atoms with Gasteiger partial charge < -0.3 is 10.5 Å². The molecule has 1 amide bonds. The summed E-state index contributed by atoms with van der Waals surface area (Å²) in [6, 6.07) is 6.60. The molecule has 0 aliphatic rings. The fraction of sp³-hybridized carbons (Fsp3) is 0. The normalized spacial score (nSPS) is 10.4. The van der Waals surface area contributed by atoms with Gasteiger partial charge in [-0.25, -0.2) is 4.39 Å². The molecule has 2 N–H and O–H groups in total. The summed E-state index contributed by atoms with van der Waals surface area (Å²) < 4.78 is 32.8. The first-order valence-electron chi connectivity index (χ1n) is 5.30. The summed E-state index contributed by atoms with van der Waals surface area (Å²) in [7, 11) is 0. The molecule has 0 aliphatic carbocycles. The summed E-state index contributed by atoms with van der Waals surface area (Å²) in [5, 5.41) is 0. The van der Waals surface area contributed by atoms with Crippen molar-refractivity contribution in [1.29, 1.82) is 0 Å². The SMILES string of the molecule is NC(=O)c1ccc(Oc2cc(Br)cc(F)c2F)cc1Br. The zero-order valence-corrected chi connectivity index (χ0v) is 13.0. The highest BCUT2D eigenvalue weighted by molar-refractivity contribution is 9.10. The number of primary amides is 1. The fourth-order valence-corrected chi connectivity index (χ4v) is 2.45. The van der Waals surface area contributed by atoms with Crippen LogP contribution >= 0.6 is 31.9 Å². The van der Waals surface area contributed by atoms with Gasteiger partial charge in [-0.2, -0.15) is 4.39 Å². The molecule has 3 nitrogen and oxygen atoms in total. The Labute approximate surface area is 130 Å². The molecule has 0 radical (unpaired) electrons. The van der Waals surface area contributed by atoms with Gasteiger partial charge in [0.05, 0.1) is 5.56 Å². The second kappa shape index (κ2) is 5.88. The van der Waals surface area contributed by atoms with Gasteiger partial charge in [0, 0.05) is 8.95 Å². The second-order valence-corrected chi connectivity index (χ2v) is 5.58. The number of hydrogen-bond donors (Lipinski definition) is 1. The lowest BCUT2D eigenvalue weighted by atomic mass is 10.2. The van der Waals surface area contributed by atoms with Gasteiger partial charge in [-0.1, -0.05) is 15.9 Å². The predicted octanol–water partition coefficient (Wildman–Crippen LogP) is 4.38. The molecule has 104 valence electrons. The van der Waals surface area contributed by atoms with Gasteiger partial charge in [0.1, 0.15) is 5.75 Å². The van der Waals surface area contributed by atoms with Crippen LogP contribution in [0.25, 0.3) is 0 Å². The maximum Gasteiger partial charge on any atom is 0.249 e. The molecule has 0 saturated heterocycles. The van der Waals surface area contributed by atoms with Gasteiger partial charge in [-0.05, 0) is 46.3 Å². The van der Waals surface area contributed by atoms with Gasteiger partial charge in [-0.3, -0.25) is 4.79 Å². The molecule has 0 unspecified atom stereocenters. The Morgan fingerprint density at radius 1 is 1.15 bits per heavy atom. The van der Waals surface area contributed by atoms with Crippen LogP contribution in [0.4, 0.5) is 8.78 Å². The van der Waals surface area contributed by atoms with Crippen molar-refractivity contribution in [3.05, 3.63) is 56.5 Å². The van der Waals surface area contributed by atoms with E-state index in [9.17, 15) is 13.6 Å². The largest absolute Gasteiger partial charge is 0.454 e. The molecule has 2 aromatic carbocycles. The molecule has 0 saturated carbocycles. The summed E-state index contributed by atoms with van der Waals surface area (Å²) in [4.78, 5) is 11.1. The Hall–Kier alpha value is -1.47. The lowest BCUT2D eigenvalue weighted by Crippen LogP contribution is -2.11. The second-order valence-electron chi connectivity index (χ2n) is 3.81. The first-order chi connectivity index (χ1) is 9.38. The van der Waals surface area contributed by atoms with Crippen molar-refractivity contribution in [3.8, 4) is 11.5 Å². The van der Waals surface area contributed by atoms with E-state index in [4.69, 9.17) is 10.5 Å². The summed E-state index contributed by atoms with van der Waals surface area (Å²) in [5.41, 5.74) is 5.42. The topological polar surface area (TPSA) is 52.3 Å². The van der Waals surface area contributed by atoms with Crippen LogP contribution in [-0.2, 0) is 0 Å². The van der Waals surface area contributed by atoms with Crippen molar-refractivity contribution >= 4 is 37.8 Å². The Balaban J connectivity index is 2.36. The molecule has 0 atom stereocenters. The van der Waals surface area contributed by atoms with Crippen molar-refractivity contribution in [2.24, 2.45) is 5.73 Å². The monoisotopic (exact) mass is 405 g/mol. The number of carbonyl (C=O) groups excluding carboxylic acids is 1. The van der Waals surface area contributed by atoms with Crippen LogP contribution in [-0.4, -0.2) is 5.91 Å². The molecule has 0 aromatic heterocycles. The highest BCUT2D eigenvalue weighted by atomic mass is 79.9. The lowest BCUT2D eigenvalue weighted by Gasteiger charge is -2.09. The van der Waals surface area contributed by atoms with Crippen LogP contribution < -0.4 is 10.5 Å². The van der Waals surface area contributed by atoms with E-state index >= 15 is 0 Å². The van der Waals surface area contributed by atoms with Gasteiger partial charge in [0.25, 0.3) is 0 Å². The van der Waals surface area contributed by atoms with Crippen LogP contribution in [0.2, 0.25) is 0 Å². The number of ether oxygens (including phenoxy) is 1. The third kappa shape index (κ3) is 3.16. The molecule has 0 bridgehead atoms. The van der Waals surface area contributed by atoms with Gasteiger partial charge in [-0.15, -0.1) is 0 Å². The lowest BCUT2D eigenvalue weighted by molar-refractivity contribution is 0.0999. The number of benzene rings is 2. The highest BCUT2D eigenvalue weighted by Crippen LogP contribution is 2.31. The number of hydrogen-bond acceptors (Lipinski definition) is 2. The third-order valence-corrected chi connectivity index (χ3v) is 3.51. The molecular formula is C13H7Br2F2NO2. The molecule has 20 heavy (non-hydrogen) atoms. The van der Waals surface area contributed by atoms with E-state index < -0.39 is 17.5 Å². The van der Waals surface area contributed by atoms with Crippen molar-refractivity contribution in [2.75, 3.05) is 0 Å². The maximum absolute atomic E-state index is 13.6. The van der Waals surface area contributed by atoms with Crippen LogP contribution in [0.3, 0.4) is 0 Å². The van der Waals surface area contributed by atoms with Crippen LogP contribution in [0.5, 0.6) is 11.5 Å². The summed E-state index contributed by atoms with van der Waals surface area (Å²) in [6.07, 6.45) is 0. The van der Waals surface area contributed by atoms with Crippen LogP contribution in [0.15, 0.2) is 39.3 Å². The van der Waals surface area contributed by atoms with E-state index in [2.05, 4.69) is 31.9 Å². The molecule has 2 aromatic rings. The molecular weight excluding hydrogens is 400 g/mol. The summed E-state index contributed by atoms with van der Waals surface area (Å²) in [5.74, 6) is -2.76. The van der Waals surface area contributed by atoms with Crippen molar-refractivity contribution in [1.82, 2.24) is 0 Å². The number of nitrogens with two attached hydrogens (primary N) is 1. The average Bonchev–Trinajstić information content (AvgIpc) is 2.35. The standard InChI is InChI=1S/C13H7Br2F2NO2/c14-6-3-10(16)12(17)11(4-6)20-7-1-2-8(13(18)19)9(15)5-7/h1-5H,(H2,18,19). The highest BCUT2D eigenvalue weighted by Gasteiger charge is 2.13. The fourth-order valence-electron chi connectivity index (χ4n) is 1.49. The minimum atomic E-state index is -1.09. The molecule has 7 heteroatoms. The zero-order valence-electron chi connectivity index (χ0n) is 9.79. The van der Waals surface area contributed by atoms with E-state index in [1.807, 2.05) is 0 Å². The first-order valence-corrected chi connectivity index (χ1v) is 6.89. The minimum absolute atomic E-state index is 0.235. The summed E-state index contributed by atoms with van der Waals surface area (Å²) in [6.45, 7) is 0. The zero-order chi connectivity index (χ0) is 14.9. The van der Waals surface area contributed by atoms with Crippen molar-refractivity contribution in [2.45, 2.75) is 0 Å². The molecule has 0 heterocycles. The molecule has 2 rings (SSSR count). The van der Waals surface area contributed by atoms with Crippen LogP contribution in [0.1, 0.15) is 10.4 Å². The van der Waals surface area contributed by atoms with E-state index in [-0.39, 0.29) is 17.1 Å². The predicted molar refractivity (Wildman–Crippen MR) is 76.8 cm³/mol. The van der Waals surface area contributed by atoms with E-state index in [0.29, 0.717) is 8.95 Å². The van der Waals surface area contributed by atoms with Crippen molar-refractivity contribution < 1.29 is 18.3 Å². The average molecular weight is 407 g/mol. The Morgan fingerprint density at radius 2 is 1.85 bits per heavy atom. The smallest absolute Gasteiger partial charge is 0.249 e. The van der Waals surface area contributed by atoms with Gasteiger partial charge >= 0.3 is 0 Å². The van der Waals surface area contributed by atoms with E-state index in [0.717, 1.165) is 6.07 Å². The maximum atomic E-state index is 13.6. The Morgan fingerprint density at radius 3 is 2.45 bits per heavy atom. The minimum Gasteiger partial charge on any atom is -0.454 e. The quantitative estimate of drug-likeness (QED) is 0.769. The van der Waals surface area contributed by atoms with Crippen LogP contribution in [0, 0.1) is 11.6 Å². The number of amides is 1. The Bertz CT molecular complexity index is 692. The molecule has 0 aliphatic heterocycles. The van der Waals surface area contributed by atoms with E-state index in [1.165, 1.54) is 24.3 Å². The number of rotatable bonds is 3. The molecule has 0 fully saturated rings.